The summed E-state index contributed by atoms with van der Waals surface area (Å²) >= 11 is 11.5. The molecule has 0 atom stereocenters. The molecule has 0 radical (unpaired) electrons. The predicted molar refractivity (Wildman–Crippen MR) is 92.0 cm³/mol. The second-order valence-electron chi connectivity index (χ2n) is 5.00. The van der Waals surface area contributed by atoms with Crippen molar-refractivity contribution >= 4 is 34.9 Å². The van der Waals surface area contributed by atoms with Crippen LogP contribution in [0.25, 0.3) is 11.5 Å². The van der Waals surface area contributed by atoms with Gasteiger partial charge in [-0.3, -0.25) is 10.1 Å². The molecule has 0 bridgehead atoms. The molecule has 3 rings (SSSR count). The van der Waals surface area contributed by atoms with E-state index in [1.807, 2.05) is 0 Å². The zero-order valence-corrected chi connectivity index (χ0v) is 14.4. The number of esters is 1. The lowest BCUT2D eigenvalue weighted by Gasteiger charge is -2.03. The van der Waals surface area contributed by atoms with Gasteiger partial charge in [-0.15, -0.1) is 10.2 Å². The van der Waals surface area contributed by atoms with Crippen LogP contribution in [0.1, 0.15) is 16.2 Å². The monoisotopic (exact) mass is 393 g/mol. The first-order valence-electron chi connectivity index (χ1n) is 7.13. The minimum Gasteiger partial charge on any atom is -0.452 e. The maximum atomic E-state index is 12.1. The molecular weight excluding hydrogens is 385 g/mol. The van der Waals surface area contributed by atoms with Crippen molar-refractivity contribution in [3.05, 3.63) is 74.1 Å². The molecule has 0 aliphatic rings. The maximum absolute atomic E-state index is 12.1. The minimum absolute atomic E-state index is 0.0416. The predicted octanol–water partition coefficient (Wildman–Crippen LogP) is 4.31. The largest absolute Gasteiger partial charge is 0.452 e. The van der Waals surface area contributed by atoms with Crippen LogP contribution in [0.3, 0.4) is 0 Å². The number of carbonyl (C=O) groups excluding carboxylic acids is 1. The number of nitro groups is 1. The van der Waals surface area contributed by atoms with E-state index in [2.05, 4.69) is 10.2 Å². The summed E-state index contributed by atoms with van der Waals surface area (Å²) in [5, 5.41) is 19.3. The van der Waals surface area contributed by atoms with Gasteiger partial charge >= 0.3 is 5.97 Å². The topological polar surface area (TPSA) is 108 Å². The number of nitrogens with zero attached hydrogens (tertiary/aromatic N) is 3. The molecular formula is C16H9Cl2N3O5. The van der Waals surface area contributed by atoms with Gasteiger partial charge in [-0.1, -0.05) is 23.2 Å². The number of aromatic nitrogens is 2. The second kappa shape index (κ2) is 7.51. The second-order valence-corrected chi connectivity index (χ2v) is 5.88. The summed E-state index contributed by atoms with van der Waals surface area (Å²) < 4.78 is 10.4. The molecule has 0 unspecified atom stereocenters. The molecule has 3 aromatic rings. The molecule has 0 saturated carbocycles. The highest BCUT2D eigenvalue weighted by molar-refractivity contribution is 6.31. The highest BCUT2D eigenvalue weighted by atomic mass is 35.5. The molecule has 0 spiro atoms. The molecule has 26 heavy (non-hydrogen) atoms. The van der Waals surface area contributed by atoms with Gasteiger partial charge in [0, 0.05) is 21.7 Å². The maximum Gasteiger partial charge on any atom is 0.345 e. The average molecular weight is 394 g/mol. The number of carbonyl (C=O) groups is 1. The number of rotatable bonds is 5. The molecule has 132 valence electrons. The number of benzene rings is 2. The summed E-state index contributed by atoms with van der Waals surface area (Å²) in [5.74, 6) is -0.635. The van der Waals surface area contributed by atoms with E-state index in [9.17, 15) is 14.9 Å². The van der Waals surface area contributed by atoms with Crippen molar-refractivity contribution < 1.29 is 18.9 Å². The normalized spacial score (nSPS) is 10.5. The van der Waals surface area contributed by atoms with Crippen molar-refractivity contribution in [2.75, 3.05) is 0 Å². The van der Waals surface area contributed by atoms with Crippen LogP contribution in [0.4, 0.5) is 5.69 Å². The lowest BCUT2D eigenvalue weighted by atomic mass is 10.2. The highest BCUT2D eigenvalue weighted by Crippen LogP contribution is 2.25. The molecule has 0 N–H and O–H groups in total. The third-order valence-electron chi connectivity index (χ3n) is 3.26. The van der Waals surface area contributed by atoms with Gasteiger partial charge in [-0.25, -0.2) is 4.79 Å². The zero-order valence-electron chi connectivity index (χ0n) is 12.9. The number of halogens is 2. The van der Waals surface area contributed by atoms with E-state index in [-0.39, 0.29) is 29.0 Å². The Morgan fingerprint density at radius 1 is 1.12 bits per heavy atom. The summed E-state index contributed by atoms with van der Waals surface area (Å²) in [6, 6.07) is 10.4. The van der Waals surface area contributed by atoms with Gasteiger partial charge in [0.1, 0.15) is 5.56 Å². The van der Waals surface area contributed by atoms with E-state index in [4.69, 9.17) is 32.4 Å². The molecule has 0 saturated heterocycles. The SMILES string of the molecule is O=C(OCc1nnc(-c2ccc(Cl)cc2)o1)c1ccc(Cl)cc1[N+](=O)[O-]. The van der Waals surface area contributed by atoms with Crippen molar-refractivity contribution in [1.29, 1.82) is 0 Å². The van der Waals surface area contributed by atoms with Crippen LogP contribution in [0, 0.1) is 10.1 Å². The van der Waals surface area contributed by atoms with E-state index in [0.717, 1.165) is 6.07 Å². The Kier molecular flexibility index (Phi) is 5.15. The number of ether oxygens (including phenoxy) is 1. The highest BCUT2D eigenvalue weighted by Gasteiger charge is 2.22. The standard InChI is InChI=1S/C16H9Cl2N3O5/c17-10-3-1-9(2-4-10)15-20-19-14(26-15)8-25-16(22)12-6-5-11(18)7-13(12)21(23)24/h1-7H,8H2. The van der Waals surface area contributed by atoms with Crippen LogP contribution in [0.2, 0.25) is 10.0 Å². The number of nitro benzene ring substituents is 1. The van der Waals surface area contributed by atoms with E-state index >= 15 is 0 Å². The first-order chi connectivity index (χ1) is 12.4. The third-order valence-corrected chi connectivity index (χ3v) is 3.75. The van der Waals surface area contributed by atoms with Gasteiger partial charge in [0.15, 0.2) is 6.61 Å². The van der Waals surface area contributed by atoms with Gasteiger partial charge in [0.25, 0.3) is 11.6 Å². The van der Waals surface area contributed by atoms with Gasteiger partial charge in [0.05, 0.1) is 4.92 Å². The van der Waals surface area contributed by atoms with Crippen LogP contribution in [0.5, 0.6) is 0 Å². The molecule has 0 fully saturated rings. The Balaban J connectivity index is 1.71. The van der Waals surface area contributed by atoms with Crippen LogP contribution in [0.15, 0.2) is 46.9 Å². The van der Waals surface area contributed by atoms with E-state index in [0.29, 0.717) is 10.6 Å². The van der Waals surface area contributed by atoms with Crippen LogP contribution in [-0.4, -0.2) is 21.1 Å². The van der Waals surface area contributed by atoms with Gasteiger partial charge in [-0.2, -0.15) is 0 Å². The Morgan fingerprint density at radius 3 is 2.50 bits per heavy atom. The van der Waals surface area contributed by atoms with Crippen LogP contribution in [-0.2, 0) is 11.3 Å². The van der Waals surface area contributed by atoms with Crippen LogP contribution < -0.4 is 0 Å². The summed E-state index contributed by atoms with van der Waals surface area (Å²) in [5.41, 5.74) is -0.0282. The van der Waals surface area contributed by atoms with Gasteiger partial charge < -0.3 is 9.15 Å². The zero-order chi connectivity index (χ0) is 18.7. The van der Waals surface area contributed by atoms with E-state index in [1.165, 1.54) is 12.1 Å². The molecule has 1 aromatic heterocycles. The Bertz CT molecular complexity index is 972. The van der Waals surface area contributed by atoms with Crippen molar-refractivity contribution in [2.24, 2.45) is 0 Å². The third kappa shape index (κ3) is 3.98. The number of hydrogen-bond acceptors (Lipinski definition) is 7. The molecule has 0 aliphatic heterocycles. The fourth-order valence-electron chi connectivity index (χ4n) is 2.05. The first-order valence-corrected chi connectivity index (χ1v) is 7.89. The van der Waals surface area contributed by atoms with Crippen LogP contribution >= 0.6 is 23.2 Å². The lowest BCUT2D eigenvalue weighted by Crippen LogP contribution is -2.08. The molecule has 0 aliphatic carbocycles. The molecule has 8 nitrogen and oxygen atoms in total. The summed E-state index contributed by atoms with van der Waals surface area (Å²) in [6.07, 6.45) is 0. The Hall–Kier alpha value is -2.97. The molecule has 0 amide bonds. The average Bonchev–Trinajstić information content (AvgIpc) is 3.09. The molecule has 1 heterocycles. The smallest absolute Gasteiger partial charge is 0.345 e. The lowest BCUT2D eigenvalue weighted by molar-refractivity contribution is -0.385. The van der Waals surface area contributed by atoms with Gasteiger partial charge in [0.2, 0.25) is 5.89 Å². The van der Waals surface area contributed by atoms with Crippen molar-refractivity contribution in [3.63, 3.8) is 0 Å². The number of hydrogen-bond donors (Lipinski definition) is 0. The fourth-order valence-corrected chi connectivity index (χ4v) is 2.35. The molecule has 2 aromatic carbocycles. The van der Waals surface area contributed by atoms with E-state index < -0.39 is 16.6 Å². The Labute approximate surface area is 156 Å². The van der Waals surface area contributed by atoms with E-state index in [1.54, 1.807) is 24.3 Å². The Morgan fingerprint density at radius 2 is 1.81 bits per heavy atom. The first kappa shape index (κ1) is 17.8. The van der Waals surface area contributed by atoms with Crippen molar-refractivity contribution in [3.8, 4) is 11.5 Å². The van der Waals surface area contributed by atoms with Crippen molar-refractivity contribution in [2.45, 2.75) is 6.61 Å². The summed E-state index contributed by atoms with van der Waals surface area (Å²) in [6.45, 7) is -0.334. The van der Waals surface area contributed by atoms with Gasteiger partial charge in [-0.05, 0) is 36.4 Å². The summed E-state index contributed by atoms with van der Waals surface area (Å²) in [7, 11) is 0. The quantitative estimate of drug-likeness (QED) is 0.360. The van der Waals surface area contributed by atoms with Crippen molar-refractivity contribution in [1.82, 2.24) is 10.2 Å². The molecule has 10 heteroatoms. The summed E-state index contributed by atoms with van der Waals surface area (Å²) in [4.78, 5) is 22.4. The fraction of sp³-hybridized carbons (Fsp3) is 0.0625. The minimum atomic E-state index is -0.903.